The number of aromatic nitrogens is 2. The van der Waals surface area contributed by atoms with Crippen molar-refractivity contribution in [3.63, 3.8) is 0 Å². The molecule has 0 atom stereocenters. The van der Waals surface area contributed by atoms with Crippen LogP contribution < -0.4 is 4.90 Å². The molecule has 31 heavy (non-hydrogen) atoms. The van der Waals surface area contributed by atoms with Crippen molar-refractivity contribution >= 4 is 50.6 Å². The van der Waals surface area contributed by atoms with E-state index >= 15 is 0 Å². The lowest BCUT2D eigenvalue weighted by Gasteiger charge is -2.35. The Bertz CT molecular complexity index is 1160. The van der Waals surface area contributed by atoms with E-state index in [9.17, 15) is 14.9 Å². The van der Waals surface area contributed by atoms with Gasteiger partial charge in [-0.05, 0) is 30.9 Å². The number of anilines is 1. The summed E-state index contributed by atoms with van der Waals surface area (Å²) in [5.41, 5.74) is 2.09. The van der Waals surface area contributed by atoms with Gasteiger partial charge in [-0.1, -0.05) is 23.9 Å². The second kappa shape index (κ2) is 8.43. The number of hydrogen-bond acceptors (Lipinski definition) is 8. The van der Waals surface area contributed by atoms with Gasteiger partial charge in [0.1, 0.15) is 21.9 Å². The van der Waals surface area contributed by atoms with Crippen LogP contribution in [0.1, 0.15) is 16.9 Å². The van der Waals surface area contributed by atoms with E-state index in [1.165, 1.54) is 34.7 Å². The van der Waals surface area contributed by atoms with E-state index in [0.717, 1.165) is 28.1 Å². The van der Waals surface area contributed by atoms with E-state index in [2.05, 4.69) is 9.97 Å². The number of thiophene rings is 1. The lowest BCUT2D eigenvalue weighted by molar-refractivity contribution is -0.384. The summed E-state index contributed by atoms with van der Waals surface area (Å²) in [7, 11) is 0. The maximum atomic E-state index is 12.8. The molecule has 3 heterocycles. The van der Waals surface area contributed by atoms with Crippen LogP contribution in [0.15, 0.2) is 35.6 Å². The molecule has 1 aliphatic heterocycles. The van der Waals surface area contributed by atoms with E-state index in [-0.39, 0.29) is 16.5 Å². The van der Waals surface area contributed by atoms with Crippen LogP contribution in [0.25, 0.3) is 10.2 Å². The molecule has 0 radical (unpaired) electrons. The van der Waals surface area contributed by atoms with Gasteiger partial charge in [0.25, 0.3) is 5.69 Å². The predicted molar refractivity (Wildman–Crippen MR) is 122 cm³/mol. The number of carbonyl (C=O) groups excluding carboxylic acids is 1. The van der Waals surface area contributed by atoms with E-state index in [4.69, 9.17) is 0 Å². The first-order valence-electron chi connectivity index (χ1n) is 10.3. The number of benzene rings is 1. The van der Waals surface area contributed by atoms with Crippen molar-refractivity contribution in [2.75, 3.05) is 36.8 Å². The maximum absolute atomic E-state index is 12.8. The molecule has 2 aromatic heterocycles. The van der Waals surface area contributed by atoms with Crippen LogP contribution in [0.4, 0.5) is 11.4 Å². The third kappa shape index (κ3) is 3.85. The van der Waals surface area contributed by atoms with Crippen LogP contribution in [0.3, 0.4) is 0 Å². The number of para-hydroxylation sites is 2. The quantitative estimate of drug-likeness (QED) is 0.251. The molecule has 2 aliphatic rings. The van der Waals surface area contributed by atoms with E-state index < -0.39 is 0 Å². The van der Waals surface area contributed by atoms with Crippen molar-refractivity contribution in [1.29, 1.82) is 0 Å². The van der Waals surface area contributed by atoms with Crippen molar-refractivity contribution in [1.82, 2.24) is 14.9 Å². The Morgan fingerprint density at radius 1 is 1.16 bits per heavy atom. The molecule has 1 aliphatic carbocycles. The third-order valence-electron chi connectivity index (χ3n) is 5.85. The molecule has 0 N–H and O–H groups in total. The van der Waals surface area contributed by atoms with E-state index in [1.54, 1.807) is 35.9 Å². The van der Waals surface area contributed by atoms with Crippen molar-refractivity contribution in [3.05, 3.63) is 51.1 Å². The third-order valence-corrected chi connectivity index (χ3v) is 8.02. The standard InChI is InChI=1S/C21H21N5O3S2/c27-18(12-30-20-19-14-4-3-7-17(14)31-21(19)23-13-22-20)25-10-8-24(9-11-25)15-5-1-2-6-16(15)26(28)29/h1-2,5-6,13H,3-4,7-12H2. The second-order valence-corrected chi connectivity index (χ2v) is 9.67. The highest BCUT2D eigenvalue weighted by Crippen LogP contribution is 2.40. The van der Waals surface area contributed by atoms with Gasteiger partial charge in [-0.25, -0.2) is 9.97 Å². The number of nitrogens with zero attached hydrogens (tertiary/aromatic N) is 5. The minimum Gasteiger partial charge on any atom is -0.362 e. The number of thioether (sulfide) groups is 1. The average molecular weight is 456 g/mol. The van der Waals surface area contributed by atoms with Gasteiger partial charge in [-0.2, -0.15) is 0 Å². The summed E-state index contributed by atoms with van der Waals surface area (Å²) < 4.78 is 0. The van der Waals surface area contributed by atoms with Gasteiger partial charge >= 0.3 is 0 Å². The zero-order valence-electron chi connectivity index (χ0n) is 16.8. The number of carbonyl (C=O) groups is 1. The summed E-state index contributed by atoms with van der Waals surface area (Å²) >= 11 is 3.24. The number of rotatable bonds is 5. The number of fused-ring (bicyclic) bond motifs is 3. The summed E-state index contributed by atoms with van der Waals surface area (Å²) in [5.74, 6) is 0.410. The Labute approximate surface area is 187 Å². The molecule has 1 saturated heterocycles. The first kappa shape index (κ1) is 20.2. The molecule has 0 spiro atoms. The van der Waals surface area contributed by atoms with Crippen LogP contribution >= 0.6 is 23.1 Å². The van der Waals surface area contributed by atoms with Crippen molar-refractivity contribution in [2.24, 2.45) is 0 Å². The summed E-state index contributed by atoms with van der Waals surface area (Å²) in [6, 6.07) is 6.77. The minimum atomic E-state index is -0.354. The lowest BCUT2D eigenvalue weighted by atomic mass is 10.2. The summed E-state index contributed by atoms with van der Waals surface area (Å²) in [5, 5.41) is 13.3. The number of aryl methyl sites for hydroxylation is 2. The molecule has 0 unspecified atom stereocenters. The molecule has 8 nitrogen and oxygen atoms in total. The number of hydrogen-bond donors (Lipinski definition) is 0. The van der Waals surface area contributed by atoms with Gasteiger partial charge in [-0.3, -0.25) is 14.9 Å². The fourth-order valence-corrected chi connectivity index (χ4v) is 6.54. The smallest absolute Gasteiger partial charge is 0.292 e. The molecule has 3 aromatic rings. The van der Waals surface area contributed by atoms with E-state index in [0.29, 0.717) is 37.6 Å². The predicted octanol–water partition coefficient (Wildman–Crippen LogP) is 3.53. The largest absolute Gasteiger partial charge is 0.362 e. The highest BCUT2D eigenvalue weighted by molar-refractivity contribution is 8.00. The Morgan fingerprint density at radius 2 is 1.97 bits per heavy atom. The first-order valence-corrected chi connectivity index (χ1v) is 12.1. The Morgan fingerprint density at radius 3 is 2.77 bits per heavy atom. The molecule has 0 bridgehead atoms. The molecular weight excluding hydrogens is 434 g/mol. The van der Waals surface area contributed by atoms with Gasteiger partial charge in [0.15, 0.2) is 0 Å². The van der Waals surface area contributed by atoms with Crippen LogP contribution in [0, 0.1) is 10.1 Å². The van der Waals surface area contributed by atoms with Crippen molar-refractivity contribution in [3.8, 4) is 0 Å². The highest BCUT2D eigenvalue weighted by Gasteiger charge is 2.26. The molecule has 1 aromatic carbocycles. The van der Waals surface area contributed by atoms with Crippen molar-refractivity contribution < 1.29 is 9.72 Å². The SMILES string of the molecule is O=C(CSc1ncnc2sc3c(c12)CCC3)N1CCN(c2ccccc2[N+](=O)[O-])CC1. The normalized spacial score (nSPS) is 16.0. The summed E-state index contributed by atoms with van der Waals surface area (Å²) in [6.45, 7) is 2.27. The van der Waals surface area contributed by atoms with Gasteiger partial charge in [-0.15, -0.1) is 11.3 Å². The first-order chi connectivity index (χ1) is 15.1. The molecule has 5 rings (SSSR count). The maximum Gasteiger partial charge on any atom is 0.292 e. The average Bonchev–Trinajstić information content (AvgIpc) is 3.39. The van der Waals surface area contributed by atoms with E-state index in [1.807, 2.05) is 9.80 Å². The van der Waals surface area contributed by atoms with Gasteiger partial charge in [0.2, 0.25) is 5.91 Å². The number of piperazine rings is 1. The molecule has 1 fully saturated rings. The summed E-state index contributed by atoms with van der Waals surface area (Å²) in [4.78, 5) is 38.9. The minimum absolute atomic E-state index is 0.0749. The van der Waals surface area contributed by atoms with Crippen LogP contribution in [0.2, 0.25) is 0 Å². The zero-order valence-corrected chi connectivity index (χ0v) is 18.5. The highest BCUT2D eigenvalue weighted by atomic mass is 32.2. The van der Waals surface area contributed by atoms with Gasteiger partial charge in [0.05, 0.1) is 10.7 Å². The fraction of sp³-hybridized carbons (Fsp3) is 0.381. The Balaban J connectivity index is 1.23. The zero-order chi connectivity index (χ0) is 21.4. The molecule has 0 saturated carbocycles. The van der Waals surface area contributed by atoms with Crippen LogP contribution in [0.5, 0.6) is 0 Å². The molecule has 1 amide bonds. The number of amides is 1. The molecular formula is C21H21N5O3S2. The number of nitro groups is 1. The Kier molecular flexibility index (Phi) is 5.49. The fourth-order valence-electron chi connectivity index (χ4n) is 4.31. The number of nitro benzene ring substituents is 1. The second-order valence-electron chi connectivity index (χ2n) is 7.62. The van der Waals surface area contributed by atoms with Crippen LogP contribution in [-0.4, -0.2) is 57.6 Å². The molecule has 160 valence electrons. The topological polar surface area (TPSA) is 92.5 Å². The molecule has 10 heteroatoms. The lowest BCUT2D eigenvalue weighted by Crippen LogP contribution is -2.49. The van der Waals surface area contributed by atoms with Gasteiger partial charge < -0.3 is 9.80 Å². The summed E-state index contributed by atoms with van der Waals surface area (Å²) in [6.07, 6.45) is 4.95. The monoisotopic (exact) mass is 455 g/mol. The van der Waals surface area contributed by atoms with Gasteiger partial charge in [0, 0.05) is 42.5 Å². The van der Waals surface area contributed by atoms with Crippen molar-refractivity contribution in [2.45, 2.75) is 24.3 Å². The van der Waals surface area contributed by atoms with Crippen LogP contribution in [-0.2, 0) is 17.6 Å². The Hall–Kier alpha value is -2.72.